The predicted molar refractivity (Wildman–Crippen MR) is 257 cm³/mol. The van der Waals surface area contributed by atoms with Gasteiger partial charge in [-0.1, -0.05) is 0 Å². The number of imide groups is 1. The van der Waals surface area contributed by atoms with Crippen molar-refractivity contribution < 1.29 is 37.1 Å². The second-order valence-electron chi connectivity index (χ2n) is 19.6. The van der Waals surface area contributed by atoms with Gasteiger partial charge in [0.25, 0.3) is 6.43 Å². The van der Waals surface area contributed by atoms with Gasteiger partial charge in [0.15, 0.2) is 11.6 Å². The van der Waals surface area contributed by atoms with E-state index in [9.17, 15) is 24.0 Å². The van der Waals surface area contributed by atoms with E-state index < -0.39 is 35.8 Å². The number of methoxy groups -OCH3 is 1. The molecule has 17 nitrogen and oxygen atoms in total. The Morgan fingerprint density at radius 3 is 2.42 bits per heavy atom. The van der Waals surface area contributed by atoms with Crippen LogP contribution in [0.25, 0.3) is 27.8 Å². The van der Waals surface area contributed by atoms with Crippen molar-refractivity contribution in [3.8, 4) is 16.9 Å². The highest BCUT2D eigenvalue weighted by molar-refractivity contribution is 6.00. The number of imidazole rings is 2. The minimum atomic E-state index is -2.78. The van der Waals surface area contributed by atoms with E-state index in [1.165, 1.54) is 23.3 Å². The van der Waals surface area contributed by atoms with Crippen LogP contribution in [0.4, 0.5) is 30.4 Å². The molecule has 3 fully saturated rings. The number of likely N-dealkylation sites (tertiary alicyclic amines) is 1. The molecule has 0 bridgehead atoms. The number of amides is 4. The van der Waals surface area contributed by atoms with Crippen LogP contribution < -0.4 is 25.5 Å². The fraction of sp³-hybridized carbons (Fsp3) is 0.471. The summed E-state index contributed by atoms with van der Waals surface area (Å²) in [6, 6.07) is 7.62. The Bertz CT molecular complexity index is 3200. The highest BCUT2D eigenvalue weighted by atomic mass is 19.3. The van der Waals surface area contributed by atoms with Gasteiger partial charge < -0.3 is 28.7 Å². The number of pyridine rings is 1. The molecule has 3 saturated heterocycles. The highest BCUT2D eigenvalue weighted by Gasteiger charge is 2.37. The number of ether oxygens (including phenoxy) is 1. The second-order valence-corrected chi connectivity index (χ2v) is 19.6. The number of aromatic nitrogens is 6. The molecule has 5 aliphatic heterocycles. The maximum atomic E-state index is 16.3. The van der Waals surface area contributed by atoms with Crippen LogP contribution >= 0.6 is 0 Å². The molecule has 372 valence electrons. The van der Waals surface area contributed by atoms with Gasteiger partial charge in [0.05, 0.1) is 37.1 Å². The molecule has 20 heteroatoms. The zero-order chi connectivity index (χ0) is 49.4. The van der Waals surface area contributed by atoms with Crippen molar-refractivity contribution in [2.24, 2.45) is 13.0 Å². The Balaban J connectivity index is 0.781. The molecule has 0 spiro atoms. The minimum Gasteiger partial charge on any atom is -0.495 e. The van der Waals surface area contributed by atoms with Gasteiger partial charge in [0.2, 0.25) is 23.6 Å². The lowest BCUT2D eigenvalue weighted by Crippen LogP contribution is -2.44. The number of aryl methyl sites for hydroxylation is 2. The molecular formula is C51H56F3N11O6. The van der Waals surface area contributed by atoms with Gasteiger partial charge in [0, 0.05) is 113 Å². The summed E-state index contributed by atoms with van der Waals surface area (Å²) in [6.45, 7) is 5.20. The summed E-state index contributed by atoms with van der Waals surface area (Å²) in [5, 5.41) is 7.59. The molecular weight excluding hydrogens is 920 g/mol. The summed E-state index contributed by atoms with van der Waals surface area (Å²) in [5.74, 6) is -0.241. The number of anilines is 3. The van der Waals surface area contributed by atoms with Crippen LogP contribution in [0, 0.1) is 11.7 Å². The van der Waals surface area contributed by atoms with E-state index in [2.05, 4.69) is 19.9 Å². The van der Waals surface area contributed by atoms with Crippen molar-refractivity contribution in [3.63, 3.8) is 0 Å². The van der Waals surface area contributed by atoms with Crippen LogP contribution in [0.3, 0.4) is 0 Å². The average molecular weight is 976 g/mol. The van der Waals surface area contributed by atoms with Crippen molar-refractivity contribution in [3.05, 3.63) is 87.6 Å². The van der Waals surface area contributed by atoms with E-state index in [4.69, 9.17) is 9.84 Å². The molecule has 6 aromatic rings. The number of benzene rings is 2. The number of fused-ring (bicyclic) bond motifs is 4. The zero-order valence-electron chi connectivity index (χ0n) is 40.0. The molecule has 5 aliphatic rings. The standard InChI is InChI=1S/C51H56F3N11O6/c1-29(66)61-21-14-37-36(27-61)49(63-16-4-5-31-24-33(35(48(53)54)25-41(31)63)34-26-43-55-15-22-62(43)28-42(34)71-3)57-65(37)32-12-19-60(20-13-32)45(68)23-30-10-17-59(18-11-30)38-6-7-39-47(46(38)52)58(2)51(70)64(39)40-8-9-44(67)56-50(40)69/h6-7,15,22,24-26,28,30,32,40,48H,4-5,8-14,16-21,23,27H2,1-3H3,(H,56,67,69). The fourth-order valence-electron chi connectivity index (χ4n) is 11.8. The molecule has 1 atom stereocenters. The Kier molecular flexibility index (Phi) is 11.9. The lowest BCUT2D eigenvalue weighted by atomic mass is 9.91. The molecule has 2 aromatic carbocycles. The average Bonchev–Trinajstić information content (AvgIpc) is 4.07. The van der Waals surface area contributed by atoms with Gasteiger partial charge >= 0.3 is 5.69 Å². The summed E-state index contributed by atoms with van der Waals surface area (Å²) >= 11 is 0. The number of rotatable bonds is 9. The first-order valence-electron chi connectivity index (χ1n) is 24.6. The third-order valence-corrected chi connectivity index (χ3v) is 15.6. The Morgan fingerprint density at radius 1 is 0.901 bits per heavy atom. The van der Waals surface area contributed by atoms with Crippen LogP contribution in [0.15, 0.2) is 53.7 Å². The molecule has 0 radical (unpaired) electrons. The lowest BCUT2D eigenvalue weighted by molar-refractivity contribution is -0.136. The van der Waals surface area contributed by atoms with E-state index in [1.54, 1.807) is 54.2 Å². The topological polar surface area (TPSA) is 165 Å². The van der Waals surface area contributed by atoms with Gasteiger partial charge in [-0.25, -0.2) is 22.9 Å². The van der Waals surface area contributed by atoms with Crippen LogP contribution in [-0.4, -0.2) is 108 Å². The van der Waals surface area contributed by atoms with E-state index in [1.807, 2.05) is 20.8 Å². The van der Waals surface area contributed by atoms with Gasteiger partial charge in [-0.15, -0.1) is 0 Å². The van der Waals surface area contributed by atoms with E-state index in [0.717, 1.165) is 23.2 Å². The molecule has 9 heterocycles. The SMILES string of the molecule is COc1cn2ccnc2cc1-c1cc2c(cc1C(F)F)N(c1nn(C3CCN(C(=O)CC4CCN(c5ccc6c(c5F)n(C)c(=O)n6C5CCC(=O)NC5=O)CC4)CC3)c3c1CN(C(C)=O)CC3)CCC2. The van der Waals surface area contributed by atoms with Crippen LogP contribution in [-0.2, 0) is 45.6 Å². The molecule has 1 N–H and O–H groups in total. The number of carbonyl (C=O) groups is 4. The summed E-state index contributed by atoms with van der Waals surface area (Å²) in [5.41, 5.74) is 5.20. The summed E-state index contributed by atoms with van der Waals surface area (Å²) in [7, 11) is 3.00. The molecule has 0 saturated carbocycles. The number of hydrogen-bond acceptors (Lipinski definition) is 10. The number of alkyl halides is 2. The number of nitrogens with zero attached hydrogens (tertiary/aromatic N) is 10. The zero-order valence-corrected chi connectivity index (χ0v) is 40.0. The summed E-state index contributed by atoms with van der Waals surface area (Å²) in [6.07, 6.45) is 7.82. The van der Waals surface area contributed by atoms with E-state index in [-0.39, 0.29) is 47.7 Å². The second kappa shape index (κ2) is 18.2. The smallest absolute Gasteiger partial charge is 0.329 e. The van der Waals surface area contributed by atoms with Gasteiger partial charge in [-0.2, -0.15) is 5.10 Å². The first-order chi connectivity index (χ1) is 34.3. The molecule has 1 unspecified atom stereocenters. The van der Waals surface area contributed by atoms with Crippen LogP contribution in [0.2, 0.25) is 0 Å². The summed E-state index contributed by atoms with van der Waals surface area (Å²) in [4.78, 5) is 76.5. The number of hydrogen-bond donors (Lipinski definition) is 1. The maximum Gasteiger partial charge on any atom is 0.329 e. The van der Waals surface area contributed by atoms with Crippen molar-refractivity contribution in [1.82, 2.24) is 43.4 Å². The monoisotopic (exact) mass is 975 g/mol. The summed E-state index contributed by atoms with van der Waals surface area (Å²) < 4.78 is 58.8. The molecule has 0 aliphatic carbocycles. The number of piperidine rings is 3. The third kappa shape index (κ3) is 8.08. The largest absolute Gasteiger partial charge is 0.495 e. The van der Waals surface area contributed by atoms with Crippen molar-refractivity contribution in [2.45, 2.75) is 96.2 Å². The number of nitrogens with one attached hydrogen (secondary N) is 1. The van der Waals surface area contributed by atoms with Crippen molar-refractivity contribution in [2.75, 3.05) is 56.2 Å². The Labute approximate surface area is 406 Å². The molecule has 11 rings (SSSR count). The quantitative estimate of drug-likeness (QED) is 0.161. The van der Waals surface area contributed by atoms with Gasteiger partial charge in [0.1, 0.15) is 23.0 Å². The van der Waals surface area contributed by atoms with Crippen LogP contribution in [0.1, 0.15) is 99.2 Å². The predicted octanol–water partition coefficient (Wildman–Crippen LogP) is 6.37. The molecule has 71 heavy (non-hydrogen) atoms. The Hall–Kier alpha value is -7.12. The lowest BCUT2D eigenvalue weighted by Gasteiger charge is -2.36. The van der Waals surface area contributed by atoms with Gasteiger partial charge in [-0.05, 0) is 92.3 Å². The highest BCUT2D eigenvalue weighted by Crippen LogP contribution is 2.46. The first kappa shape index (κ1) is 46.3. The van der Waals surface area contributed by atoms with Gasteiger partial charge in [-0.3, -0.25) is 38.3 Å². The number of carbonyl (C=O) groups excluding carboxylic acids is 4. The van der Waals surface area contributed by atoms with Crippen molar-refractivity contribution in [1.29, 1.82) is 0 Å². The number of halogens is 3. The fourth-order valence-corrected chi connectivity index (χ4v) is 11.8. The van der Waals surface area contributed by atoms with E-state index in [0.29, 0.717) is 136 Å². The minimum absolute atomic E-state index is 0.00497. The third-order valence-electron chi connectivity index (χ3n) is 15.6. The molecule has 4 aromatic heterocycles. The van der Waals surface area contributed by atoms with Crippen molar-refractivity contribution >= 4 is 57.5 Å². The molecule has 4 amide bonds. The normalized spacial score (nSPS) is 19.2. The Morgan fingerprint density at radius 2 is 1.69 bits per heavy atom. The first-order valence-corrected chi connectivity index (χ1v) is 24.6. The van der Waals surface area contributed by atoms with Crippen LogP contribution in [0.5, 0.6) is 5.75 Å². The van der Waals surface area contributed by atoms with E-state index >= 15 is 13.2 Å². The maximum absolute atomic E-state index is 16.3.